The van der Waals surface area contributed by atoms with Gasteiger partial charge >= 0.3 is 0 Å². The molecular formula is C14H16N4OS. The summed E-state index contributed by atoms with van der Waals surface area (Å²) in [5.41, 5.74) is 1.25. The first-order chi connectivity index (χ1) is 9.58. The van der Waals surface area contributed by atoms with Gasteiger partial charge in [0.05, 0.1) is 0 Å². The average molecular weight is 288 g/mol. The molecule has 2 heterocycles. The van der Waals surface area contributed by atoms with E-state index in [9.17, 15) is 4.79 Å². The first-order valence-electron chi connectivity index (χ1n) is 6.26. The number of rotatable bonds is 5. The summed E-state index contributed by atoms with van der Waals surface area (Å²) in [5.74, 6) is 0.759. The van der Waals surface area contributed by atoms with E-state index in [0.29, 0.717) is 11.7 Å². The van der Waals surface area contributed by atoms with E-state index < -0.39 is 0 Å². The number of carbonyl (C=O) groups is 1. The van der Waals surface area contributed by atoms with Crippen molar-refractivity contribution in [1.82, 2.24) is 14.6 Å². The minimum absolute atomic E-state index is 0.151. The zero-order valence-corrected chi connectivity index (χ0v) is 12.5. The van der Waals surface area contributed by atoms with Crippen molar-refractivity contribution < 1.29 is 4.79 Å². The zero-order valence-electron chi connectivity index (χ0n) is 11.6. The molecular weight excluding hydrogens is 272 g/mol. The molecule has 0 aliphatic rings. The van der Waals surface area contributed by atoms with Crippen LogP contribution < -0.4 is 4.90 Å². The molecule has 0 N–H and O–H groups in total. The summed E-state index contributed by atoms with van der Waals surface area (Å²) in [4.78, 5) is 18.2. The van der Waals surface area contributed by atoms with Gasteiger partial charge in [0, 0.05) is 24.7 Å². The summed E-state index contributed by atoms with van der Waals surface area (Å²) in [6.45, 7) is 4.21. The second-order valence-corrected chi connectivity index (χ2v) is 5.25. The van der Waals surface area contributed by atoms with Crippen LogP contribution in [0.1, 0.15) is 29.9 Å². The van der Waals surface area contributed by atoms with Crippen molar-refractivity contribution in [1.29, 1.82) is 0 Å². The zero-order chi connectivity index (χ0) is 14.5. The van der Waals surface area contributed by atoms with Gasteiger partial charge in [-0.25, -0.2) is 4.98 Å². The number of pyridine rings is 1. The molecule has 2 aromatic heterocycles. The maximum Gasteiger partial charge on any atom is 0.207 e. The Morgan fingerprint density at radius 3 is 2.75 bits per heavy atom. The Balaban J connectivity index is 2.06. The molecule has 0 fully saturated rings. The Kier molecular flexibility index (Phi) is 4.57. The van der Waals surface area contributed by atoms with Gasteiger partial charge in [-0.2, -0.15) is 0 Å². The van der Waals surface area contributed by atoms with Crippen LogP contribution in [0.2, 0.25) is 0 Å². The van der Waals surface area contributed by atoms with Crippen LogP contribution in [0.4, 0.5) is 5.82 Å². The Bertz CT molecular complexity index is 590. The van der Waals surface area contributed by atoms with E-state index in [-0.39, 0.29) is 5.78 Å². The minimum atomic E-state index is -0.151. The van der Waals surface area contributed by atoms with E-state index in [0.717, 1.165) is 22.9 Å². The summed E-state index contributed by atoms with van der Waals surface area (Å²) in [6, 6.07) is 4.27. The van der Waals surface area contributed by atoms with Gasteiger partial charge in [-0.05, 0) is 55.2 Å². The Morgan fingerprint density at radius 2 is 2.20 bits per heavy atom. The smallest absolute Gasteiger partial charge is 0.207 e. The molecule has 0 aliphatic carbocycles. The number of hydrogen-bond acceptors (Lipinski definition) is 6. The molecule has 0 saturated carbocycles. The molecule has 6 heteroatoms. The molecule has 0 radical (unpaired) electrons. The van der Waals surface area contributed by atoms with Gasteiger partial charge < -0.3 is 4.90 Å². The molecule has 0 amide bonds. The predicted molar refractivity (Wildman–Crippen MR) is 81.0 cm³/mol. The van der Waals surface area contributed by atoms with Crippen LogP contribution >= 0.6 is 11.5 Å². The van der Waals surface area contributed by atoms with Crippen molar-refractivity contribution in [3.8, 4) is 0 Å². The lowest BCUT2D eigenvalue weighted by Gasteiger charge is -2.22. The number of allylic oxidation sites excluding steroid dienone is 1. The third-order valence-corrected chi connectivity index (χ3v) is 3.45. The summed E-state index contributed by atoms with van der Waals surface area (Å²) < 4.78 is 3.66. The molecule has 0 aliphatic heterocycles. The third kappa shape index (κ3) is 3.48. The fourth-order valence-electron chi connectivity index (χ4n) is 1.50. The monoisotopic (exact) mass is 288 g/mol. The highest BCUT2D eigenvalue weighted by Gasteiger charge is 2.06. The highest BCUT2D eigenvalue weighted by Crippen LogP contribution is 2.13. The van der Waals surface area contributed by atoms with Crippen molar-refractivity contribution in [3.05, 3.63) is 41.0 Å². The molecule has 104 valence electrons. The van der Waals surface area contributed by atoms with Crippen LogP contribution in [0.5, 0.6) is 0 Å². The quantitative estimate of drug-likeness (QED) is 0.625. The number of aromatic nitrogens is 3. The second kappa shape index (κ2) is 6.38. The van der Waals surface area contributed by atoms with E-state index in [4.69, 9.17) is 0 Å². The fourth-order valence-corrected chi connectivity index (χ4v) is 1.94. The molecule has 0 bridgehead atoms. The van der Waals surface area contributed by atoms with Crippen molar-refractivity contribution in [2.45, 2.75) is 19.9 Å². The first-order valence-corrected chi connectivity index (χ1v) is 7.10. The van der Waals surface area contributed by atoms with Gasteiger partial charge in [0.15, 0.2) is 0 Å². The largest absolute Gasteiger partial charge is 0.357 e. The number of hydrogen-bond donors (Lipinski definition) is 0. The molecule has 0 aromatic carbocycles. The maximum absolute atomic E-state index is 11.7. The molecule has 2 rings (SSSR count). The summed E-state index contributed by atoms with van der Waals surface area (Å²) in [7, 11) is 2.00. The average Bonchev–Trinajstić information content (AvgIpc) is 2.98. The molecule has 5 nitrogen and oxygen atoms in total. The van der Waals surface area contributed by atoms with Gasteiger partial charge in [-0.3, -0.25) is 4.79 Å². The molecule has 2 aromatic rings. The lowest BCUT2D eigenvalue weighted by Crippen LogP contribution is -2.26. The standard InChI is InChI=1S/C14H16N4OS/c1-10(2)18(3)14-7-5-11(8-15-14)4-6-13(19)12-9-20-17-16-12/h4-10H,1-3H3/b6-4+. The van der Waals surface area contributed by atoms with Gasteiger partial charge in [0.2, 0.25) is 5.78 Å². The summed E-state index contributed by atoms with van der Waals surface area (Å²) >= 11 is 1.16. The van der Waals surface area contributed by atoms with Gasteiger partial charge in [0.1, 0.15) is 11.5 Å². The highest BCUT2D eigenvalue weighted by molar-refractivity contribution is 7.03. The lowest BCUT2D eigenvalue weighted by atomic mass is 10.2. The van der Waals surface area contributed by atoms with Crippen LogP contribution in [0.25, 0.3) is 6.08 Å². The molecule has 0 saturated heterocycles. The topological polar surface area (TPSA) is 59.0 Å². The van der Waals surface area contributed by atoms with E-state index >= 15 is 0 Å². The number of carbonyl (C=O) groups excluding carboxylic acids is 1. The second-order valence-electron chi connectivity index (χ2n) is 4.64. The molecule has 0 unspecified atom stereocenters. The SMILES string of the molecule is CC(C)N(C)c1ccc(/C=C/C(=O)c2csnn2)cn1. The number of ketones is 1. The Hall–Kier alpha value is -2.08. The van der Waals surface area contributed by atoms with Gasteiger partial charge in [0.25, 0.3) is 0 Å². The van der Waals surface area contributed by atoms with E-state index in [1.807, 2.05) is 19.2 Å². The predicted octanol–water partition coefficient (Wildman–Crippen LogP) is 2.67. The summed E-state index contributed by atoms with van der Waals surface area (Å²) in [5, 5.41) is 5.36. The highest BCUT2D eigenvalue weighted by atomic mass is 32.1. The normalized spacial score (nSPS) is 11.2. The number of anilines is 1. The van der Waals surface area contributed by atoms with E-state index in [2.05, 4.69) is 33.3 Å². The molecule has 20 heavy (non-hydrogen) atoms. The van der Waals surface area contributed by atoms with Gasteiger partial charge in [-0.15, -0.1) is 5.10 Å². The fraction of sp³-hybridized carbons (Fsp3) is 0.286. The van der Waals surface area contributed by atoms with E-state index in [1.54, 1.807) is 17.7 Å². The van der Waals surface area contributed by atoms with Crippen LogP contribution in [-0.2, 0) is 0 Å². The van der Waals surface area contributed by atoms with Gasteiger partial charge in [-0.1, -0.05) is 4.49 Å². The van der Waals surface area contributed by atoms with Crippen LogP contribution in [0.15, 0.2) is 29.8 Å². The molecule has 0 atom stereocenters. The summed E-state index contributed by atoms with van der Waals surface area (Å²) in [6.07, 6.45) is 4.96. The van der Waals surface area contributed by atoms with Crippen molar-refractivity contribution >= 4 is 29.2 Å². The third-order valence-electron chi connectivity index (χ3n) is 2.95. The molecule has 0 spiro atoms. The first kappa shape index (κ1) is 14.3. The van der Waals surface area contributed by atoms with E-state index in [1.165, 1.54) is 6.08 Å². The van der Waals surface area contributed by atoms with Crippen molar-refractivity contribution in [2.75, 3.05) is 11.9 Å². The minimum Gasteiger partial charge on any atom is -0.357 e. The Morgan fingerprint density at radius 1 is 1.40 bits per heavy atom. The van der Waals surface area contributed by atoms with Crippen LogP contribution in [0.3, 0.4) is 0 Å². The Labute approximate surface area is 122 Å². The lowest BCUT2D eigenvalue weighted by molar-refractivity contribution is 0.104. The van der Waals surface area contributed by atoms with Crippen molar-refractivity contribution in [3.63, 3.8) is 0 Å². The van der Waals surface area contributed by atoms with Crippen LogP contribution in [-0.4, -0.2) is 33.4 Å². The van der Waals surface area contributed by atoms with Crippen molar-refractivity contribution in [2.24, 2.45) is 0 Å². The number of nitrogens with zero attached hydrogens (tertiary/aromatic N) is 4. The maximum atomic E-state index is 11.7. The van der Waals surface area contributed by atoms with Crippen LogP contribution in [0, 0.1) is 0 Å².